The van der Waals surface area contributed by atoms with Crippen molar-refractivity contribution in [3.05, 3.63) is 70.4 Å². The molecule has 190 valence electrons. The number of carboxylic acid groups (broad SMARTS) is 1. The van der Waals surface area contributed by atoms with Gasteiger partial charge in [-0.2, -0.15) is 0 Å². The molecule has 4 rings (SSSR count). The van der Waals surface area contributed by atoms with Gasteiger partial charge in [-0.1, -0.05) is 6.07 Å². The number of phenolic OH excluding ortho intramolecular Hbond substituents is 1. The molecule has 0 fully saturated rings. The van der Waals surface area contributed by atoms with Crippen LogP contribution in [0.4, 0.5) is 5.69 Å². The normalized spacial score (nSPS) is 10.8. The van der Waals surface area contributed by atoms with Crippen LogP contribution in [-0.4, -0.2) is 54.0 Å². The fourth-order valence-corrected chi connectivity index (χ4v) is 4.12. The molecule has 0 unspecified atom stereocenters. The third-order valence-corrected chi connectivity index (χ3v) is 5.71. The predicted molar refractivity (Wildman–Crippen MR) is 142 cm³/mol. The summed E-state index contributed by atoms with van der Waals surface area (Å²) in [6, 6.07) is 13.6. The Bertz CT molecular complexity index is 1530. The number of thiocarbonyl (C=S) groups is 1. The lowest BCUT2D eigenvalue weighted by Gasteiger charge is -2.18. The quantitative estimate of drug-likeness (QED) is 0.133. The Balaban J connectivity index is 1.66. The number of fused-ring (bicyclic) bond motifs is 2. The molecule has 10 nitrogen and oxygen atoms in total. The van der Waals surface area contributed by atoms with E-state index in [4.69, 9.17) is 21.4 Å². The van der Waals surface area contributed by atoms with Crippen LogP contribution in [0.15, 0.2) is 63.8 Å². The highest BCUT2D eigenvalue weighted by Crippen LogP contribution is 2.42. The molecule has 0 saturated carbocycles. The van der Waals surface area contributed by atoms with E-state index in [-0.39, 0.29) is 40.1 Å². The van der Waals surface area contributed by atoms with Gasteiger partial charge in [-0.15, -0.1) is 0 Å². The number of aromatic carboxylic acids is 1. The number of hydrogen-bond acceptors (Lipinski definition) is 7. The average Bonchev–Trinajstić information content (AvgIpc) is 2.85. The van der Waals surface area contributed by atoms with Crippen LogP contribution in [0, 0.1) is 0 Å². The molecule has 0 bridgehead atoms. The Morgan fingerprint density at radius 2 is 1.76 bits per heavy atom. The van der Waals surface area contributed by atoms with E-state index < -0.39 is 5.97 Å². The first-order valence-corrected chi connectivity index (χ1v) is 11.6. The van der Waals surface area contributed by atoms with Gasteiger partial charge in [0.1, 0.15) is 23.7 Å². The first-order valence-electron chi connectivity index (χ1n) is 11.1. The number of phenols is 1. The molecular weight excluding hydrogens is 498 g/mol. The van der Waals surface area contributed by atoms with Crippen LogP contribution in [0.1, 0.15) is 10.4 Å². The Kier molecular flexibility index (Phi) is 7.66. The number of benzene rings is 3. The number of hydrogen-bond donors (Lipinski definition) is 5. The molecule has 0 aromatic heterocycles. The van der Waals surface area contributed by atoms with Crippen molar-refractivity contribution in [3.8, 4) is 28.2 Å². The zero-order valence-electron chi connectivity index (χ0n) is 19.7. The summed E-state index contributed by atoms with van der Waals surface area (Å²) in [6.07, 6.45) is 0. The van der Waals surface area contributed by atoms with E-state index in [9.17, 15) is 24.6 Å². The molecule has 0 atom stereocenters. The zero-order chi connectivity index (χ0) is 26.5. The van der Waals surface area contributed by atoms with E-state index in [0.29, 0.717) is 46.4 Å². The number of carbonyl (C=O) groups is 2. The third kappa shape index (κ3) is 5.85. The minimum absolute atomic E-state index is 0.00676. The largest absolute Gasteiger partial charge is 0.508 e. The van der Waals surface area contributed by atoms with Crippen LogP contribution in [-0.2, 0) is 9.53 Å². The van der Waals surface area contributed by atoms with E-state index in [1.165, 1.54) is 37.4 Å². The summed E-state index contributed by atoms with van der Waals surface area (Å²) < 4.78 is 10.6. The standard InChI is InChI=1S/C26H23N3O7S/c1-35-13-23(32)27-8-9-28-26(37)29-14-2-5-17(20(10-14)25(33)34)24-18-6-3-15(30)11-21(18)36-22-12-16(31)4-7-19(22)24/h2-7,10-12,30H,8-9,13H2,1H3,(H,27,32)(H,33,34)(H2,28,29,37). The summed E-state index contributed by atoms with van der Waals surface area (Å²) in [6.45, 7) is 0.640. The molecule has 2 aromatic carbocycles. The number of carbonyl (C=O) groups excluding carboxylic acids is 1. The minimum Gasteiger partial charge on any atom is -0.508 e. The van der Waals surface area contributed by atoms with Gasteiger partial charge >= 0.3 is 5.97 Å². The number of anilines is 1. The van der Waals surface area contributed by atoms with Crippen molar-refractivity contribution < 1.29 is 29.0 Å². The van der Waals surface area contributed by atoms with E-state index in [2.05, 4.69) is 16.0 Å². The second-order valence-electron chi connectivity index (χ2n) is 8.04. The minimum atomic E-state index is -1.17. The molecule has 1 heterocycles. The maximum Gasteiger partial charge on any atom is 0.336 e. The van der Waals surface area contributed by atoms with Crippen LogP contribution in [0.25, 0.3) is 33.4 Å². The van der Waals surface area contributed by atoms with Gasteiger partial charge in [0, 0.05) is 54.5 Å². The second kappa shape index (κ2) is 11.1. The summed E-state index contributed by atoms with van der Waals surface area (Å²) in [4.78, 5) is 35.7. The summed E-state index contributed by atoms with van der Waals surface area (Å²) in [5.41, 5.74) is 1.96. The third-order valence-electron chi connectivity index (χ3n) is 5.46. The van der Waals surface area contributed by atoms with Gasteiger partial charge in [-0.3, -0.25) is 9.59 Å². The number of ether oxygens (including phenoxy) is 1. The highest BCUT2D eigenvalue weighted by molar-refractivity contribution is 7.80. The molecule has 1 aliphatic heterocycles. The van der Waals surface area contributed by atoms with Gasteiger partial charge in [0.2, 0.25) is 5.91 Å². The number of aromatic hydroxyl groups is 1. The number of nitrogens with one attached hydrogen (secondary N) is 3. The molecule has 11 heteroatoms. The SMILES string of the molecule is COCC(=O)NCCNC(=S)Nc1ccc(-c2c3ccc(=O)cc-3oc3cc(O)ccc23)c(C(=O)O)c1. The maximum absolute atomic E-state index is 12.3. The first-order chi connectivity index (χ1) is 17.8. The van der Waals surface area contributed by atoms with Crippen molar-refractivity contribution in [1.29, 1.82) is 0 Å². The summed E-state index contributed by atoms with van der Waals surface area (Å²) in [7, 11) is 1.43. The van der Waals surface area contributed by atoms with E-state index >= 15 is 0 Å². The van der Waals surface area contributed by atoms with Crippen molar-refractivity contribution in [2.24, 2.45) is 0 Å². The van der Waals surface area contributed by atoms with Gasteiger partial charge in [0.05, 0.1) is 5.56 Å². The molecule has 2 aromatic rings. The molecule has 0 radical (unpaired) electrons. The Morgan fingerprint density at radius 3 is 2.51 bits per heavy atom. The van der Waals surface area contributed by atoms with Crippen molar-refractivity contribution in [2.75, 3.05) is 32.1 Å². The van der Waals surface area contributed by atoms with Crippen molar-refractivity contribution in [2.45, 2.75) is 0 Å². The fraction of sp³-hybridized carbons (Fsp3) is 0.154. The van der Waals surface area contributed by atoms with Crippen LogP contribution in [0.5, 0.6) is 5.75 Å². The number of carboxylic acids is 1. The maximum atomic E-state index is 12.3. The van der Waals surface area contributed by atoms with Crippen molar-refractivity contribution >= 4 is 45.9 Å². The first kappa shape index (κ1) is 25.6. The van der Waals surface area contributed by atoms with E-state index in [0.717, 1.165) is 0 Å². The van der Waals surface area contributed by atoms with Crippen molar-refractivity contribution in [3.63, 3.8) is 0 Å². The van der Waals surface area contributed by atoms with Crippen LogP contribution in [0.2, 0.25) is 0 Å². The molecule has 37 heavy (non-hydrogen) atoms. The molecule has 1 amide bonds. The highest BCUT2D eigenvalue weighted by Gasteiger charge is 2.22. The van der Waals surface area contributed by atoms with Gasteiger partial charge in [-0.25, -0.2) is 4.79 Å². The molecule has 5 N–H and O–H groups in total. The van der Waals surface area contributed by atoms with Crippen LogP contribution < -0.4 is 21.4 Å². The number of rotatable bonds is 8. The lowest BCUT2D eigenvalue weighted by molar-refractivity contribution is -0.124. The van der Waals surface area contributed by atoms with E-state index in [1.807, 2.05) is 0 Å². The lowest BCUT2D eigenvalue weighted by Crippen LogP contribution is -2.37. The van der Waals surface area contributed by atoms with Gasteiger partial charge in [-0.05, 0) is 54.2 Å². The summed E-state index contributed by atoms with van der Waals surface area (Å²) in [5, 5.41) is 29.3. The van der Waals surface area contributed by atoms with Crippen molar-refractivity contribution in [1.82, 2.24) is 10.6 Å². The monoisotopic (exact) mass is 521 g/mol. The number of amides is 1. The lowest BCUT2D eigenvalue weighted by atomic mass is 9.90. The van der Waals surface area contributed by atoms with E-state index in [1.54, 1.807) is 24.3 Å². The molecule has 0 spiro atoms. The highest BCUT2D eigenvalue weighted by atomic mass is 32.1. The second-order valence-corrected chi connectivity index (χ2v) is 8.45. The van der Waals surface area contributed by atoms with Crippen LogP contribution in [0.3, 0.4) is 0 Å². The van der Waals surface area contributed by atoms with Crippen LogP contribution >= 0.6 is 12.2 Å². The summed E-state index contributed by atoms with van der Waals surface area (Å²) >= 11 is 5.28. The fourth-order valence-electron chi connectivity index (χ4n) is 3.90. The van der Waals surface area contributed by atoms with Gasteiger partial charge < -0.3 is 35.3 Å². The Hall–Kier alpha value is -4.48. The average molecular weight is 522 g/mol. The molecule has 1 aliphatic carbocycles. The Morgan fingerprint density at radius 1 is 1.00 bits per heavy atom. The smallest absolute Gasteiger partial charge is 0.336 e. The zero-order valence-corrected chi connectivity index (χ0v) is 20.5. The molecule has 0 saturated heterocycles. The molecular formula is C26H23N3O7S. The van der Waals surface area contributed by atoms with Gasteiger partial charge in [0.25, 0.3) is 0 Å². The number of methoxy groups -OCH3 is 1. The molecule has 2 aliphatic rings. The predicted octanol–water partition coefficient (Wildman–Crippen LogP) is 3.02. The summed E-state index contributed by atoms with van der Waals surface area (Å²) in [5.74, 6) is -1.18. The Labute approximate surface area is 216 Å². The van der Waals surface area contributed by atoms with Gasteiger partial charge in [0.15, 0.2) is 10.5 Å². The topological polar surface area (TPSA) is 150 Å².